The number of anilines is 1. The van der Waals surface area contributed by atoms with Crippen LogP contribution in [0, 0.1) is 5.92 Å². The smallest absolute Gasteiger partial charge is 0.319 e. The van der Waals surface area contributed by atoms with Crippen molar-refractivity contribution in [3.8, 4) is 0 Å². The van der Waals surface area contributed by atoms with E-state index in [2.05, 4.69) is 9.88 Å². The number of carbonyl (C=O) groups excluding carboxylic acids is 2. The summed E-state index contributed by atoms with van der Waals surface area (Å²) in [7, 11) is 3.53. The maximum Gasteiger partial charge on any atom is 0.319 e. The molecular weight excluding hydrogens is 318 g/mol. The third-order valence-corrected chi connectivity index (χ3v) is 5.12. The molecule has 0 spiro atoms. The molecule has 7 nitrogen and oxygen atoms in total. The lowest BCUT2D eigenvalue weighted by Gasteiger charge is -2.39. The minimum absolute atomic E-state index is 0.0388. The standard InChI is InChI=1S/C18H27N5O2/c1-20(2)18(25)23-9-5-15(6-10-23)17(24)22-13-11-21(12-14-22)16-3-7-19-8-4-16/h3-4,7-8,15H,5-6,9-14H2,1-2H3. The van der Waals surface area contributed by atoms with Gasteiger partial charge in [-0.25, -0.2) is 4.79 Å². The molecule has 0 bridgehead atoms. The van der Waals surface area contributed by atoms with Crippen molar-refractivity contribution in [3.63, 3.8) is 0 Å². The zero-order valence-electron chi connectivity index (χ0n) is 15.1. The number of amides is 3. The van der Waals surface area contributed by atoms with Crippen molar-refractivity contribution in [2.45, 2.75) is 12.8 Å². The van der Waals surface area contributed by atoms with Gasteiger partial charge < -0.3 is 19.6 Å². The fraction of sp³-hybridized carbons (Fsp3) is 0.611. The first-order valence-corrected chi connectivity index (χ1v) is 8.96. The van der Waals surface area contributed by atoms with Crippen LogP contribution >= 0.6 is 0 Å². The van der Waals surface area contributed by atoms with Crippen molar-refractivity contribution in [1.29, 1.82) is 0 Å². The summed E-state index contributed by atoms with van der Waals surface area (Å²) in [6.07, 6.45) is 5.14. The Morgan fingerprint density at radius 2 is 1.56 bits per heavy atom. The van der Waals surface area contributed by atoms with Crippen molar-refractivity contribution >= 4 is 17.6 Å². The third-order valence-electron chi connectivity index (χ3n) is 5.12. The van der Waals surface area contributed by atoms with Gasteiger partial charge in [0.2, 0.25) is 5.91 Å². The zero-order chi connectivity index (χ0) is 17.8. The van der Waals surface area contributed by atoms with E-state index >= 15 is 0 Å². The molecule has 136 valence electrons. The molecule has 2 fully saturated rings. The number of hydrogen-bond acceptors (Lipinski definition) is 4. The first kappa shape index (κ1) is 17.5. The topological polar surface area (TPSA) is 60.0 Å². The van der Waals surface area contributed by atoms with E-state index in [4.69, 9.17) is 0 Å². The van der Waals surface area contributed by atoms with Gasteiger partial charge in [0.25, 0.3) is 0 Å². The second kappa shape index (κ2) is 7.72. The molecule has 0 radical (unpaired) electrons. The van der Waals surface area contributed by atoms with Gasteiger partial charge in [0.1, 0.15) is 0 Å². The number of carbonyl (C=O) groups is 2. The Kier molecular flexibility index (Phi) is 5.40. The van der Waals surface area contributed by atoms with Gasteiger partial charge in [0.05, 0.1) is 0 Å². The summed E-state index contributed by atoms with van der Waals surface area (Å²) in [5, 5.41) is 0. The molecular formula is C18H27N5O2. The van der Waals surface area contributed by atoms with Crippen LogP contribution < -0.4 is 4.90 Å². The molecule has 7 heteroatoms. The summed E-state index contributed by atoms with van der Waals surface area (Å²) in [4.78, 5) is 36.6. The van der Waals surface area contributed by atoms with Crippen LogP contribution in [0.15, 0.2) is 24.5 Å². The van der Waals surface area contributed by atoms with Crippen LogP contribution in [0.5, 0.6) is 0 Å². The fourth-order valence-electron chi connectivity index (χ4n) is 3.60. The highest BCUT2D eigenvalue weighted by atomic mass is 16.2. The van der Waals surface area contributed by atoms with E-state index in [1.807, 2.05) is 21.9 Å². The molecule has 3 heterocycles. The summed E-state index contributed by atoms with van der Waals surface area (Å²) in [5.74, 6) is 0.310. The number of likely N-dealkylation sites (tertiary alicyclic amines) is 1. The lowest BCUT2D eigenvalue weighted by atomic mass is 9.95. The maximum absolute atomic E-state index is 12.8. The molecule has 0 saturated carbocycles. The summed E-state index contributed by atoms with van der Waals surface area (Å²) >= 11 is 0. The van der Waals surface area contributed by atoms with E-state index in [1.165, 1.54) is 0 Å². The average Bonchev–Trinajstić information content (AvgIpc) is 2.67. The summed E-state index contributed by atoms with van der Waals surface area (Å²) in [6, 6.07) is 4.06. The molecule has 0 unspecified atom stereocenters. The first-order chi connectivity index (χ1) is 12.1. The summed E-state index contributed by atoms with van der Waals surface area (Å²) in [6.45, 7) is 4.58. The molecule has 2 saturated heterocycles. The molecule has 25 heavy (non-hydrogen) atoms. The van der Waals surface area contributed by atoms with Crippen molar-refractivity contribution in [2.24, 2.45) is 5.92 Å². The molecule has 2 aliphatic heterocycles. The molecule has 2 aliphatic rings. The second-order valence-electron chi connectivity index (χ2n) is 6.96. The van der Waals surface area contributed by atoms with E-state index in [9.17, 15) is 9.59 Å². The Hall–Kier alpha value is -2.31. The van der Waals surface area contributed by atoms with Crippen molar-refractivity contribution in [2.75, 3.05) is 58.3 Å². The van der Waals surface area contributed by atoms with Crippen LogP contribution in [-0.4, -0.2) is 85.0 Å². The van der Waals surface area contributed by atoms with Gasteiger partial charge in [-0.1, -0.05) is 0 Å². The predicted molar refractivity (Wildman–Crippen MR) is 96.4 cm³/mol. The Balaban J connectivity index is 1.48. The quantitative estimate of drug-likeness (QED) is 0.806. The molecule has 0 aromatic carbocycles. The van der Waals surface area contributed by atoms with Crippen LogP contribution in [-0.2, 0) is 4.79 Å². The molecule has 0 aliphatic carbocycles. The summed E-state index contributed by atoms with van der Waals surface area (Å²) < 4.78 is 0. The first-order valence-electron chi connectivity index (χ1n) is 8.96. The zero-order valence-corrected chi connectivity index (χ0v) is 15.1. The average molecular weight is 345 g/mol. The lowest BCUT2D eigenvalue weighted by Crippen LogP contribution is -2.52. The molecule has 3 amide bonds. The SMILES string of the molecule is CN(C)C(=O)N1CCC(C(=O)N2CCN(c3ccncc3)CC2)CC1. The Bertz CT molecular complexity index is 591. The molecule has 0 atom stereocenters. The van der Waals surface area contributed by atoms with Gasteiger partial charge in [0, 0.05) is 77.4 Å². The fourth-order valence-corrected chi connectivity index (χ4v) is 3.60. The number of nitrogens with zero attached hydrogens (tertiary/aromatic N) is 5. The van der Waals surface area contributed by atoms with Crippen LogP contribution in [0.2, 0.25) is 0 Å². The van der Waals surface area contributed by atoms with E-state index in [0.29, 0.717) is 13.1 Å². The van der Waals surface area contributed by atoms with Gasteiger partial charge in [-0.05, 0) is 25.0 Å². The van der Waals surface area contributed by atoms with Crippen molar-refractivity contribution < 1.29 is 9.59 Å². The van der Waals surface area contributed by atoms with Crippen molar-refractivity contribution in [1.82, 2.24) is 19.7 Å². The van der Waals surface area contributed by atoms with Gasteiger partial charge in [-0.3, -0.25) is 9.78 Å². The maximum atomic E-state index is 12.8. The Labute approximate surface area is 149 Å². The number of rotatable bonds is 2. The largest absolute Gasteiger partial charge is 0.368 e. The number of urea groups is 1. The monoisotopic (exact) mass is 345 g/mol. The molecule has 3 rings (SSSR count). The number of piperazine rings is 1. The molecule has 0 N–H and O–H groups in total. The molecule has 1 aromatic rings. The number of hydrogen-bond donors (Lipinski definition) is 0. The normalized spacial score (nSPS) is 19.0. The van der Waals surface area contributed by atoms with Crippen LogP contribution in [0.4, 0.5) is 10.5 Å². The van der Waals surface area contributed by atoms with Gasteiger partial charge >= 0.3 is 6.03 Å². The number of pyridine rings is 1. The van der Waals surface area contributed by atoms with E-state index < -0.39 is 0 Å². The number of piperidine rings is 1. The second-order valence-corrected chi connectivity index (χ2v) is 6.96. The third kappa shape index (κ3) is 4.03. The molecule has 1 aromatic heterocycles. The Morgan fingerprint density at radius 1 is 0.960 bits per heavy atom. The van der Waals surface area contributed by atoms with Gasteiger partial charge in [-0.2, -0.15) is 0 Å². The van der Waals surface area contributed by atoms with E-state index in [-0.39, 0.29) is 17.9 Å². The highest BCUT2D eigenvalue weighted by Crippen LogP contribution is 2.22. The van der Waals surface area contributed by atoms with Gasteiger partial charge in [0.15, 0.2) is 0 Å². The van der Waals surface area contributed by atoms with E-state index in [1.54, 1.807) is 31.4 Å². The van der Waals surface area contributed by atoms with Crippen molar-refractivity contribution in [3.05, 3.63) is 24.5 Å². The lowest BCUT2D eigenvalue weighted by molar-refractivity contribution is -0.137. The Morgan fingerprint density at radius 3 is 2.12 bits per heavy atom. The van der Waals surface area contributed by atoms with E-state index in [0.717, 1.165) is 44.7 Å². The van der Waals surface area contributed by atoms with Crippen LogP contribution in [0.25, 0.3) is 0 Å². The summed E-state index contributed by atoms with van der Waals surface area (Å²) in [5.41, 5.74) is 1.16. The highest BCUT2D eigenvalue weighted by molar-refractivity contribution is 5.80. The minimum atomic E-state index is 0.0388. The highest BCUT2D eigenvalue weighted by Gasteiger charge is 2.32. The minimum Gasteiger partial charge on any atom is -0.368 e. The number of aromatic nitrogens is 1. The van der Waals surface area contributed by atoms with Gasteiger partial charge in [-0.15, -0.1) is 0 Å². The predicted octanol–water partition coefficient (Wildman–Crippen LogP) is 1.12. The van der Waals surface area contributed by atoms with Crippen LogP contribution in [0.1, 0.15) is 12.8 Å². The van der Waals surface area contributed by atoms with Crippen LogP contribution in [0.3, 0.4) is 0 Å².